The van der Waals surface area contributed by atoms with E-state index in [1.807, 2.05) is 43.3 Å². The molecule has 0 radical (unpaired) electrons. The van der Waals surface area contributed by atoms with Gasteiger partial charge in [-0.3, -0.25) is 4.79 Å². The highest BCUT2D eigenvalue weighted by molar-refractivity contribution is 5.86. The Hall–Kier alpha value is -3.01. The van der Waals surface area contributed by atoms with Crippen LogP contribution in [-0.2, 0) is 11.2 Å². The summed E-state index contributed by atoms with van der Waals surface area (Å²) in [4.78, 5) is 12.4. The first-order valence-electron chi connectivity index (χ1n) is 8.86. The zero-order valence-electron chi connectivity index (χ0n) is 14.7. The molecule has 1 N–H and O–H groups in total. The molecule has 0 fully saturated rings. The number of amides is 1. The SMILES string of the molecule is CC(NC(=O)CCc1ccc2c(c1)OCO2)c1cccc2ccccc12. The number of hydrogen-bond donors (Lipinski definition) is 1. The minimum atomic E-state index is -0.0367. The van der Waals surface area contributed by atoms with E-state index in [-0.39, 0.29) is 18.7 Å². The van der Waals surface area contributed by atoms with Crippen molar-refractivity contribution in [1.29, 1.82) is 0 Å². The summed E-state index contributed by atoms with van der Waals surface area (Å²) < 4.78 is 10.7. The molecule has 0 spiro atoms. The molecule has 0 aromatic heterocycles. The largest absolute Gasteiger partial charge is 0.454 e. The van der Waals surface area contributed by atoms with E-state index in [1.54, 1.807) is 0 Å². The normalized spacial score (nSPS) is 13.6. The van der Waals surface area contributed by atoms with Gasteiger partial charge in [0.1, 0.15) is 0 Å². The monoisotopic (exact) mass is 347 g/mol. The molecule has 3 aromatic carbocycles. The molecule has 1 heterocycles. The second kappa shape index (κ2) is 7.08. The first-order valence-corrected chi connectivity index (χ1v) is 8.86. The third-order valence-corrected chi connectivity index (χ3v) is 4.75. The number of ether oxygens (including phenoxy) is 2. The van der Waals surface area contributed by atoms with Crippen molar-refractivity contribution in [3.63, 3.8) is 0 Å². The highest BCUT2D eigenvalue weighted by atomic mass is 16.7. The van der Waals surface area contributed by atoms with Gasteiger partial charge in [0.25, 0.3) is 0 Å². The average Bonchev–Trinajstić information content (AvgIpc) is 3.13. The Morgan fingerprint density at radius 1 is 1.04 bits per heavy atom. The minimum Gasteiger partial charge on any atom is -0.454 e. The predicted octanol–water partition coefficient (Wildman–Crippen LogP) is 4.38. The number of fused-ring (bicyclic) bond motifs is 2. The molecule has 1 amide bonds. The summed E-state index contributed by atoms with van der Waals surface area (Å²) in [5, 5.41) is 5.48. The lowest BCUT2D eigenvalue weighted by atomic mass is 9.99. The van der Waals surface area contributed by atoms with Crippen LogP contribution >= 0.6 is 0 Å². The summed E-state index contributed by atoms with van der Waals surface area (Å²) in [6, 6.07) is 20.2. The zero-order valence-corrected chi connectivity index (χ0v) is 14.7. The van der Waals surface area contributed by atoms with Crippen molar-refractivity contribution in [2.45, 2.75) is 25.8 Å². The number of nitrogens with one attached hydrogen (secondary N) is 1. The molecule has 1 aliphatic rings. The van der Waals surface area contributed by atoms with Crippen molar-refractivity contribution in [1.82, 2.24) is 5.32 Å². The van der Waals surface area contributed by atoms with Crippen molar-refractivity contribution >= 4 is 16.7 Å². The summed E-state index contributed by atoms with van der Waals surface area (Å²) in [6.45, 7) is 2.29. The van der Waals surface area contributed by atoms with Crippen molar-refractivity contribution in [2.75, 3.05) is 6.79 Å². The number of rotatable bonds is 5. The van der Waals surface area contributed by atoms with Gasteiger partial charge < -0.3 is 14.8 Å². The summed E-state index contributed by atoms with van der Waals surface area (Å²) in [6.07, 6.45) is 1.11. The Labute approximate surface area is 152 Å². The Morgan fingerprint density at radius 2 is 1.85 bits per heavy atom. The van der Waals surface area contributed by atoms with Crippen LogP contribution in [0.5, 0.6) is 11.5 Å². The van der Waals surface area contributed by atoms with E-state index in [9.17, 15) is 4.79 Å². The quantitative estimate of drug-likeness (QED) is 0.745. The van der Waals surface area contributed by atoms with E-state index in [4.69, 9.17) is 9.47 Å². The van der Waals surface area contributed by atoms with Gasteiger partial charge >= 0.3 is 0 Å². The molecular weight excluding hydrogens is 326 g/mol. The summed E-state index contributed by atoms with van der Waals surface area (Å²) in [5.41, 5.74) is 2.21. The lowest BCUT2D eigenvalue weighted by molar-refractivity contribution is -0.121. The Morgan fingerprint density at radius 3 is 2.77 bits per heavy atom. The van der Waals surface area contributed by atoms with Crippen molar-refractivity contribution in [2.24, 2.45) is 0 Å². The smallest absolute Gasteiger partial charge is 0.231 e. The van der Waals surface area contributed by atoms with Crippen LogP contribution in [0.15, 0.2) is 60.7 Å². The number of carbonyl (C=O) groups is 1. The van der Waals surface area contributed by atoms with Crippen LogP contribution < -0.4 is 14.8 Å². The molecule has 132 valence electrons. The molecule has 4 nitrogen and oxygen atoms in total. The van der Waals surface area contributed by atoms with Crippen molar-refractivity contribution < 1.29 is 14.3 Å². The van der Waals surface area contributed by atoms with Crippen molar-refractivity contribution in [3.05, 3.63) is 71.8 Å². The Bertz CT molecular complexity index is 946. The van der Waals surface area contributed by atoms with Gasteiger partial charge in [-0.2, -0.15) is 0 Å². The fourth-order valence-corrected chi connectivity index (χ4v) is 3.37. The first kappa shape index (κ1) is 16.5. The average molecular weight is 347 g/mol. The number of benzene rings is 3. The second-order valence-electron chi connectivity index (χ2n) is 6.55. The summed E-state index contributed by atoms with van der Waals surface area (Å²) in [5.74, 6) is 1.57. The van der Waals surface area contributed by atoms with E-state index in [1.165, 1.54) is 10.8 Å². The van der Waals surface area contributed by atoms with Crippen LogP contribution in [0.1, 0.15) is 30.5 Å². The van der Waals surface area contributed by atoms with E-state index in [0.717, 1.165) is 22.6 Å². The maximum absolute atomic E-state index is 12.4. The molecule has 26 heavy (non-hydrogen) atoms. The molecule has 4 rings (SSSR count). The van der Waals surface area contributed by atoms with Crippen molar-refractivity contribution in [3.8, 4) is 11.5 Å². The van der Waals surface area contributed by atoms with Crippen LogP contribution in [0.3, 0.4) is 0 Å². The van der Waals surface area contributed by atoms with Crippen LogP contribution in [0.2, 0.25) is 0 Å². The van der Waals surface area contributed by atoms with Crippen LogP contribution in [0.4, 0.5) is 0 Å². The first-order chi connectivity index (χ1) is 12.7. The molecule has 0 aliphatic carbocycles. The lowest BCUT2D eigenvalue weighted by Gasteiger charge is -2.16. The van der Waals surface area contributed by atoms with E-state index in [2.05, 4.69) is 29.6 Å². The molecule has 1 unspecified atom stereocenters. The Kier molecular flexibility index (Phi) is 4.48. The molecule has 1 aliphatic heterocycles. The van der Waals surface area contributed by atoms with Gasteiger partial charge in [-0.15, -0.1) is 0 Å². The molecular formula is C22H21NO3. The van der Waals surface area contributed by atoms with Crippen LogP contribution in [-0.4, -0.2) is 12.7 Å². The number of hydrogen-bond acceptors (Lipinski definition) is 3. The van der Waals surface area contributed by atoms with Gasteiger partial charge in [0.05, 0.1) is 6.04 Å². The maximum Gasteiger partial charge on any atom is 0.231 e. The Balaban J connectivity index is 1.40. The van der Waals surface area contributed by atoms with Gasteiger partial charge in [0.15, 0.2) is 11.5 Å². The topological polar surface area (TPSA) is 47.6 Å². The fourth-order valence-electron chi connectivity index (χ4n) is 3.37. The molecule has 0 saturated heterocycles. The van der Waals surface area contributed by atoms with E-state index in [0.29, 0.717) is 12.8 Å². The zero-order chi connectivity index (χ0) is 17.9. The molecule has 0 saturated carbocycles. The van der Waals surface area contributed by atoms with Gasteiger partial charge in [-0.25, -0.2) is 0 Å². The maximum atomic E-state index is 12.4. The highest BCUT2D eigenvalue weighted by Crippen LogP contribution is 2.32. The van der Waals surface area contributed by atoms with Gasteiger partial charge in [-0.05, 0) is 47.4 Å². The highest BCUT2D eigenvalue weighted by Gasteiger charge is 2.15. The summed E-state index contributed by atoms with van der Waals surface area (Å²) >= 11 is 0. The molecule has 0 bridgehead atoms. The third kappa shape index (κ3) is 3.36. The fraction of sp³-hybridized carbons (Fsp3) is 0.227. The number of carbonyl (C=O) groups excluding carboxylic acids is 1. The lowest BCUT2D eigenvalue weighted by Crippen LogP contribution is -2.26. The van der Waals surface area contributed by atoms with Gasteiger partial charge in [-0.1, -0.05) is 48.5 Å². The standard InChI is InChI=1S/C22H21NO3/c1-15(18-8-4-6-17-5-2-3-7-19(17)18)23-22(24)12-10-16-9-11-20-21(13-16)26-14-25-20/h2-9,11,13,15H,10,12,14H2,1H3,(H,23,24). The van der Waals surface area contributed by atoms with Crippen LogP contribution in [0.25, 0.3) is 10.8 Å². The van der Waals surface area contributed by atoms with Crippen LogP contribution in [0, 0.1) is 0 Å². The molecule has 1 atom stereocenters. The van der Waals surface area contributed by atoms with E-state index < -0.39 is 0 Å². The predicted molar refractivity (Wildman–Crippen MR) is 101 cm³/mol. The molecule has 4 heteroatoms. The number of aryl methyl sites for hydroxylation is 1. The second-order valence-corrected chi connectivity index (χ2v) is 6.55. The third-order valence-electron chi connectivity index (χ3n) is 4.75. The summed E-state index contributed by atoms with van der Waals surface area (Å²) in [7, 11) is 0. The van der Waals surface area contributed by atoms with Gasteiger partial charge in [0.2, 0.25) is 12.7 Å². The molecule has 3 aromatic rings. The van der Waals surface area contributed by atoms with E-state index >= 15 is 0 Å². The minimum absolute atomic E-state index is 0.0367. The van der Waals surface area contributed by atoms with Gasteiger partial charge in [0, 0.05) is 6.42 Å².